The summed E-state index contributed by atoms with van der Waals surface area (Å²) in [5.74, 6) is -1.02. The van der Waals surface area contributed by atoms with Crippen LogP contribution in [0.1, 0.15) is 36.2 Å². The van der Waals surface area contributed by atoms with Gasteiger partial charge in [0.1, 0.15) is 11.6 Å². The SMILES string of the molecule is CC(C)CCN(C(=O)c1cccc(F)c1)c1c(N)n(Cc2ccccc2)c(=O)[nH]c1=O. The van der Waals surface area contributed by atoms with E-state index >= 15 is 0 Å². The predicted molar refractivity (Wildman–Crippen MR) is 119 cm³/mol. The number of anilines is 2. The van der Waals surface area contributed by atoms with Gasteiger partial charge >= 0.3 is 5.69 Å². The number of hydrogen-bond acceptors (Lipinski definition) is 4. The van der Waals surface area contributed by atoms with Gasteiger partial charge in [-0.15, -0.1) is 0 Å². The zero-order valence-electron chi connectivity index (χ0n) is 17.5. The minimum Gasteiger partial charge on any atom is -0.383 e. The molecule has 8 heteroatoms. The Labute approximate surface area is 178 Å². The summed E-state index contributed by atoms with van der Waals surface area (Å²) >= 11 is 0. The van der Waals surface area contributed by atoms with Gasteiger partial charge in [-0.05, 0) is 36.1 Å². The lowest BCUT2D eigenvalue weighted by molar-refractivity contribution is 0.0985. The molecule has 3 N–H and O–H groups in total. The number of nitrogens with zero attached hydrogens (tertiary/aromatic N) is 2. The molecule has 2 aromatic carbocycles. The summed E-state index contributed by atoms with van der Waals surface area (Å²) in [4.78, 5) is 41.9. The van der Waals surface area contributed by atoms with Crippen LogP contribution in [0.4, 0.5) is 15.9 Å². The fraction of sp³-hybridized carbons (Fsp3) is 0.261. The third-order valence-corrected chi connectivity index (χ3v) is 4.91. The van der Waals surface area contributed by atoms with Gasteiger partial charge in [0.05, 0.1) is 6.54 Å². The average Bonchev–Trinajstić information content (AvgIpc) is 2.73. The van der Waals surface area contributed by atoms with E-state index in [1.807, 2.05) is 44.2 Å². The number of aromatic amines is 1. The van der Waals surface area contributed by atoms with Crippen LogP contribution in [0.5, 0.6) is 0 Å². The van der Waals surface area contributed by atoms with Gasteiger partial charge in [0.2, 0.25) is 0 Å². The molecule has 3 aromatic rings. The number of benzene rings is 2. The highest BCUT2D eigenvalue weighted by atomic mass is 19.1. The highest BCUT2D eigenvalue weighted by Crippen LogP contribution is 2.22. The number of amides is 1. The van der Waals surface area contributed by atoms with Gasteiger partial charge in [-0.3, -0.25) is 19.1 Å². The fourth-order valence-electron chi connectivity index (χ4n) is 3.24. The first kappa shape index (κ1) is 22.0. The molecule has 3 rings (SSSR count). The molecule has 1 aromatic heterocycles. The number of rotatable bonds is 7. The predicted octanol–water partition coefficient (Wildman–Crippen LogP) is 3.00. The van der Waals surface area contributed by atoms with Crippen LogP contribution in [0.2, 0.25) is 0 Å². The first-order valence-electron chi connectivity index (χ1n) is 10.0. The van der Waals surface area contributed by atoms with Gasteiger partial charge < -0.3 is 10.6 Å². The number of H-pyrrole nitrogens is 1. The van der Waals surface area contributed by atoms with Crippen molar-refractivity contribution in [3.8, 4) is 0 Å². The van der Waals surface area contributed by atoms with Crippen LogP contribution in [0, 0.1) is 11.7 Å². The van der Waals surface area contributed by atoms with Crippen molar-refractivity contribution in [1.82, 2.24) is 9.55 Å². The largest absolute Gasteiger partial charge is 0.383 e. The van der Waals surface area contributed by atoms with E-state index in [1.165, 1.54) is 27.7 Å². The summed E-state index contributed by atoms with van der Waals surface area (Å²) in [6, 6.07) is 14.4. The van der Waals surface area contributed by atoms with Crippen LogP contribution < -0.4 is 21.9 Å². The summed E-state index contributed by atoms with van der Waals surface area (Å²) in [6.45, 7) is 4.27. The van der Waals surface area contributed by atoms with Gasteiger partial charge in [0.25, 0.3) is 11.5 Å². The average molecular weight is 424 g/mol. The second-order valence-electron chi connectivity index (χ2n) is 7.71. The molecule has 0 radical (unpaired) electrons. The molecule has 0 saturated carbocycles. The highest BCUT2D eigenvalue weighted by Gasteiger charge is 2.25. The van der Waals surface area contributed by atoms with Crippen LogP contribution in [0.15, 0.2) is 64.2 Å². The number of halogens is 1. The zero-order chi connectivity index (χ0) is 22.5. The van der Waals surface area contributed by atoms with E-state index in [1.54, 1.807) is 0 Å². The maximum atomic E-state index is 13.7. The van der Waals surface area contributed by atoms with Crippen molar-refractivity contribution >= 4 is 17.4 Å². The molecule has 0 aliphatic rings. The third-order valence-electron chi connectivity index (χ3n) is 4.91. The monoisotopic (exact) mass is 424 g/mol. The molecular weight excluding hydrogens is 399 g/mol. The van der Waals surface area contributed by atoms with Gasteiger partial charge in [-0.2, -0.15) is 0 Å². The van der Waals surface area contributed by atoms with Crippen molar-refractivity contribution in [2.24, 2.45) is 5.92 Å². The van der Waals surface area contributed by atoms with Gasteiger partial charge in [0, 0.05) is 12.1 Å². The summed E-state index contributed by atoms with van der Waals surface area (Å²) in [5, 5.41) is 0. The van der Waals surface area contributed by atoms with E-state index in [4.69, 9.17) is 5.73 Å². The van der Waals surface area contributed by atoms with Gasteiger partial charge in [0.15, 0.2) is 5.69 Å². The smallest absolute Gasteiger partial charge is 0.330 e. The molecular formula is C23H25FN4O3. The summed E-state index contributed by atoms with van der Waals surface area (Å²) in [6.07, 6.45) is 0.581. The van der Waals surface area contributed by atoms with Crippen molar-refractivity contribution in [3.63, 3.8) is 0 Å². The second kappa shape index (κ2) is 9.42. The lowest BCUT2D eigenvalue weighted by Crippen LogP contribution is -2.42. The molecule has 0 aliphatic heterocycles. The third kappa shape index (κ3) is 5.09. The Kier molecular flexibility index (Phi) is 6.69. The van der Waals surface area contributed by atoms with E-state index in [9.17, 15) is 18.8 Å². The number of hydrogen-bond donors (Lipinski definition) is 2. The van der Waals surface area contributed by atoms with Crippen molar-refractivity contribution in [3.05, 3.63) is 92.4 Å². The molecule has 0 atom stereocenters. The molecule has 1 heterocycles. The Hall–Kier alpha value is -3.68. The standard InChI is InChI=1S/C23H25FN4O3/c1-15(2)11-12-27(22(30)17-9-6-10-18(24)13-17)19-20(25)28(23(31)26-21(19)29)14-16-7-4-3-5-8-16/h3-10,13,15H,11-12,14,25H2,1-2H3,(H,26,29,31). The number of nitrogen functional groups attached to an aromatic ring is 1. The molecule has 0 fully saturated rings. The molecule has 0 saturated heterocycles. The van der Waals surface area contributed by atoms with Crippen LogP contribution in [-0.4, -0.2) is 22.0 Å². The Bertz CT molecular complexity index is 1190. The van der Waals surface area contributed by atoms with Crippen molar-refractivity contribution < 1.29 is 9.18 Å². The number of aromatic nitrogens is 2. The van der Waals surface area contributed by atoms with E-state index in [0.29, 0.717) is 6.42 Å². The van der Waals surface area contributed by atoms with Crippen LogP contribution in [0.25, 0.3) is 0 Å². The van der Waals surface area contributed by atoms with Gasteiger partial charge in [-0.25, -0.2) is 9.18 Å². The number of carbonyl (C=O) groups is 1. The topological polar surface area (TPSA) is 101 Å². The van der Waals surface area contributed by atoms with Crippen molar-refractivity contribution in [1.29, 1.82) is 0 Å². The quantitative estimate of drug-likeness (QED) is 0.609. The Morgan fingerprint density at radius 3 is 2.48 bits per heavy atom. The molecule has 0 unspecified atom stereocenters. The van der Waals surface area contributed by atoms with E-state index in [0.717, 1.165) is 11.6 Å². The maximum absolute atomic E-state index is 13.7. The van der Waals surface area contributed by atoms with Crippen LogP contribution in [0.3, 0.4) is 0 Å². The van der Waals surface area contributed by atoms with Crippen LogP contribution >= 0.6 is 0 Å². The zero-order valence-corrected chi connectivity index (χ0v) is 17.5. The molecule has 162 valence electrons. The van der Waals surface area contributed by atoms with E-state index in [-0.39, 0.29) is 36.1 Å². The summed E-state index contributed by atoms with van der Waals surface area (Å²) in [5.41, 5.74) is 5.60. The normalized spacial score (nSPS) is 11.0. The lowest BCUT2D eigenvalue weighted by atomic mass is 10.1. The Balaban J connectivity index is 2.11. The Morgan fingerprint density at radius 2 is 1.84 bits per heavy atom. The molecule has 7 nitrogen and oxygen atoms in total. The Morgan fingerprint density at radius 1 is 1.13 bits per heavy atom. The van der Waals surface area contributed by atoms with E-state index in [2.05, 4.69) is 4.98 Å². The second-order valence-corrected chi connectivity index (χ2v) is 7.71. The molecule has 0 aliphatic carbocycles. The summed E-state index contributed by atoms with van der Waals surface area (Å²) < 4.78 is 14.9. The first-order valence-corrected chi connectivity index (χ1v) is 10.0. The van der Waals surface area contributed by atoms with Gasteiger partial charge in [-0.1, -0.05) is 50.2 Å². The highest BCUT2D eigenvalue weighted by molar-refractivity contribution is 6.07. The van der Waals surface area contributed by atoms with E-state index < -0.39 is 23.0 Å². The first-order chi connectivity index (χ1) is 14.8. The fourth-order valence-corrected chi connectivity index (χ4v) is 3.24. The minimum absolute atomic E-state index is 0.0864. The number of nitrogens with two attached hydrogens (primary N) is 1. The maximum Gasteiger partial charge on any atom is 0.330 e. The molecule has 0 spiro atoms. The number of nitrogens with one attached hydrogen (secondary N) is 1. The molecule has 31 heavy (non-hydrogen) atoms. The van der Waals surface area contributed by atoms with Crippen molar-refractivity contribution in [2.75, 3.05) is 17.2 Å². The lowest BCUT2D eigenvalue weighted by Gasteiger charge is -2.25. The molecule has 1 amide bonds. The minimum atomic E-state index is -0.764. The number of carbonyl (C=O) groups excluding carboxylic acids is 1. The van der Waals surface area contributed by atoms with Crippen molar-refractivity contribution in [2.45, 2.75) is 26.8 Å². The molecule has 0 bridgehead atoms. The summed E-state index contributed by atoms with van der Waals surface area (Å²) in [7, 11) is 0. The van der Waals surface area contributed by atoms with Crippen LogP contribution in [-0.2, 0) is 6.54 Å².